The Hall–Kier alpha value is -2.38. The third-order valence-electron chi connectivity index (χ3n) is 4.96. The smallest absolute Gasteiger partial charge is 0.203 e. The third-order valence-corrected chi connectivity index (χ3v) is 5.37. The molecule has 1 aromatic carbocycles. The normalized spacial score (nSPS) is 17.7. The Kier molecular flexibility index (Phi) is 4.65. The van der Waals surface area contributed by atoms with Crippen molar-refractivity contribution in [3.63, 3.8) is 0 Å². The summed E-state index contributed by atoms with van der Waals surface area (Å²) in [6, 6.07) is 12.1. The molecule has 0 aliphatic carbocycles. The lowest BCUT2D eigenvalue weighted by molar-refractivity contribution is 0.187. The minimum atomic E-state index is 0.256. The van der Waals surface area contributed by atoms with Crippen molar-refractivity contribution in [2.24, 2.45) is 0 Å². The highest BCUT2D eigenvalue weighted by molar-refractivity contribution is 7.71. The van der Waals surface area contributed by atoms with Gasteiger partial charge in [0.1, 0.15) is 11.5 Å². The molecule has 1 aliphatic rings. The molecule has 0 unspecified atom stereocenters. The maximum absolute atomic E-state index is 5.60. The Morgan fingerprint density at radius 1 is 1.19 bits per heavy atom. The highest BCUT2D eigenvalue weighted by Crippen LogP contribution is 2.39. The van der Waals surface area contributed by atoms with Crippen LogP contribution in [0, 0.1) is 4.77 Å². The van der Waals surface area contributed by atoms with Gasteiger partial charge in [0.15, 0.2) is 5.65 Å². The van der Waals surface area contributed by atoms with Crippen LogP contribution in [0.5, 0.6) is 11.5 Å². The van der Waals surface area contributed by atoms with E-state index in [2.05, 4.69) is 16.1 Å². The van der Waals surface area contributed by atoms with E-state index in [1.807, 2.05) is 45.6 Å². The molecule has 0 radical (unpaired) electrons. The Morgan fingerprint density at radius 2 is 2.08 bits per heavy atom. The number of aromatic nitrogens is 3. The molecule has 2 aromatic heterocycles. The number of nitrogens with zero attached hydrogens (tertiary/aromatic N) is 4. The van der Waals surface area contributed by atoms with Gasteiger partial charge in [-0.25, -0.2) is 4.68 Å². The lowest BCUT2D eigenvalue weighted by Gasteiger charge is -2.26. The highest BCUT2D eigenvalue weighted by atomic mass is 32.1. The van der Waals surface area contributed by atoms with Gasteiger partial charge in [-0.2, -0.15) is 5.10 Å². The van der Waals surface area contributed by atoms with E-state index in [-0.39, 0.29) is 6.04 Å². The summed E-state index contributed by atoms with van der Waals surface area (Å²) in [6.45, 7) is 1.66. The van der Waals surface area contributed by atoms with Crippen LogP contribution >= 0.6 is 12.2 Å². The van der Waals surface area contributed by atoms with E-state index in [1.54, 1.807) is 14.2 Å². The van der Waals surface area contributed by atoms with Gasteiger partial charge in [-0.1, -0.05) is 6.07 Å². The summed E-state index contributed by atoms with van der Waals surface area (Å²) in [5, 5.41) is 4.66. The maximum Gasteiger partial charge on any atom is 0.203 e. The molecular weight excluding hydrogens is 348 g/mol. The van der Waals surface area contributed by atoms with Crippen LogP contribution in [-0.4, -0.2) is 39.8 Å². The average Bonchev–Trinajstić information content (AvgIpc) is 3.26. The maximum atomic E-state index is 5.60. The standard InChI is InChI=1S/C19H22N4O2S/c1-24-14-8-9-17(25-2)15(12-14)16-6-5-10-21(16)13-23-19(26)22-11-4-3-7-18(22)20-23/h3-4,7-9,11-12,16H,5-6,10,13H2,1-2H3/t16-/m0/s1. The molecule has 0 amide bonds. The zero-order chi connectivity index (χ0) is 18.1. The Labute approximate surface area is 157 Å². The molecule has 1 saturated heterocycles. The second-order valence-electron chi connectivity index (χ2n) is 6.43. The fourth-order valence-corrected chi connectivity index (χ4v) is 3.93. The van der Waals surface area contributed by atoms with Gasteiger partial charge >= 0.3 is 0 Å². The molecule has 6 nitrogen and oxygen atoms in total. The van der Waals surface area contributed by atoms with E-state index in [1.165, 1.54) is 0 Å². The quantitative estimate of drug-likeness (QED) is 0.641. The first-order chi connectivity index (χ1) is 12.7. The van der Waals surface area contributed by atoms with Crippen molar-refractivity contribution in [2.45, 2.75) is 25.6 Å². The van der Waals surface area contributed by atoms with E-state index >= 15 is 0 Å². The summed E-state index contributed by atoms with van der Waals surface area (Å²) in [5.41, 5.74) is 2.02. The molecule has 26 heavy (non-hydrogen) atoms. The second kappa shape index (κ2) is 7.09. The third kappa shape index (κ3) is 2.97. The van der Waals surface area contributed by atoms with Crippen LogP contribution < -0.4 is 9.47 Å². The van der Waals surface area contributed by atoms with Crippen LogP contribution in [0.25, 0.3) is 5.65 Å². The van der Waals surface area contributed by atoms with E-state index in [0.717, 1.165) is 42.1 Å². The van der Waals surface area contributed by atoms with Crippen molar-refractivity contribution in [1.29, 1.82) is 0 Å². The van der Waals surface area contributed by atoms with E-state index in [0.29, 0.717) is 11.4 Å². The molecular formula is C19H22N4O2S. The zero-order valence-corrected chi connectivity index (χ0v) is 15.8. The number of benzene rings is 1. The molecule has 4 rings (SSSR count). The monoisotopic (exact) mass is 370 g/mol. The lowest BCUT2D eigenvalue weighted by atomic mass is 10.0. The molecule has 136 valence electrons. The topological polar surface area (TPSA) is 43.9 Å². The predicted molar refractivity (Wildman–Crippen MR) is 102 cm³/mol. The molecule has 3 aromatic rings. The first-order valence-electron chi connectivity index (χ1n) is 8.71. The Morgan fingerprint density at radius 3 is 2.85 bits per heavy atom. The van der Waals surface area contributed by atoms with Crippen molar-refractivity contribution >= 4 is 17.9 Å². The number of rotatable bonds is 5. The highest BCUT2D eigenvalue weighted by Gasteiger charge is 2.29. The first kappa shape index (κ1) is 17.1. The molecule has 0 saturated carbocycles. The molecule has 1 aliphatic heterocycles. The van der Waals surface area contributed by atoms with Gasteiger partial charge in [-0.05, 0) is 55.4 Å². The molecule has 0 N–H and O–H groups in total. The fourth-order valence-electron chi connectivity index (χ4n) is 3.68. The SMILES string of the molecule is COc1ccc(OC)c([C@@H]2CCCN2Cn2nc3ccccn3c2=S)c1. The predicted octanol–water partition coefficient (Wildman–Crippen LogP) is 3.68. The van der Waals surface area contributed by atoms with Gasteiger partial charge in [-0.3, -0.25) is 9.30 Å². The molecule has 1 fully saturated rings. The number of pyridine rings is 1. The van der Waals surface area contributed by atoms with Gasteiger partial charge in [0, 0.05) is 24.3 Å². The van der Waals surface area contributed by atoms with Gasteiger partial charge in [-0.15, -0.1) is 0 Å². The van der Waals surface area contributed by atoms with Crippen LogP contribution in [0.15, 0.2) is 42.6 Å². The largest absolute Gasteiger partial charge is 0.497 e. The van der Waals surface area contributed by atoms with Crippen LogP contribution in [0.2, 0.25) is 0 Å². The molecule has 7 heteroatoms. The van der Waals surface area contributed by atoms with Crippen molar-refractivity contribution in [2.75, 3.05) is 20.8 Å². The van der Waals surface area contributed by atoms with E-state index < -0.39 is 0 Å². The number of hydrogen-bond donors (Lipinski definition) is 0. The van der Waals surface area contributed by atoms with Gasteiger partial charge in [0.2, 0.25) is 4.77 Å². The molecule has 1 atom stereocenters. The summed E-state index contributed by atoms with van der Waals surface area (Å²) in [4.78, 5) is 2.40. The van der Waals surface area contributed by atoms with Crippen LogP contribution in [0.4, 0.5) is 0 Å². The minimum absolute atomic E-state index is 0.256. The van der Waals surface area contributed by atoms with Crippen molar-refractivity contribution in [3.8, 4) is 11.5 Å². The molecule has 3 heterocycles. The van der Waals surface area contributed by atoms with Gasteiger partial charge in [0.05, 0.1) is 20.9 Å². The Balaban J connectivity index is 1.67. The van der Waals surface area contributed by atoms with Crippen molar-refractivity contribution in [1.82, 2.24) is 19.1 Å². The summed E-state index contributed by atoms with van der Waals surface area (Å²) in [6.07, 6.45) is 4.16. The first-order valence-corrected chi connectivity index (χ1v) is 9.12. The molecule has 0 bridgehead atoms. The average molecular weight is 370 g/mol. The number of methoxy groups -OCH3 is 2. The van der Waals surface area contributed by atoms with Crippen molar-refractivity contribution in [3.05, 3.63) is 52.9 Å². The van der Waals surface area contributed by atoms with Gasteiger partial charge in [0.25, 0.3) is 0 Å². The minimum Gasteiger partial charge on any atom is -0.497 e. The number of hydrogen-bond acceptors (Lipinski definition) is 5. The fraction of sp³-hybridized carbons (Fsp3) is 0.368. The second-order valence-corrected chi connectivity index (χ2v) is 6.80. The summed E-state index contributed by atoms with van der Waals surface area (Å²) in [5.74, 6) is 1.73. The lowest BCUT2D eigenvalue weighted by Crippen LogP contribution is -2.27. The van der Waals surface area contributed by atoms with Crippen LogP contribution in [-0.2, 0) is 6.67 Å². The van der Waals surface area contributed by atoms with E-state index in [9.17, 15) is 0 Å². The number of ether oxygens (including phenoxy) is 2. The Bertz CT molecular complexity index is 981. The summed E-state index contributed by atoms with van der Waals surface area (Å²) < 4.78 is 15.6. The van der Waals surface area contributed by atoms with Crippen LogP contribution in [0.3, 0.4) is 0 Å². The van der Waals surface area contributed by atoms with Crippen LogP contribution in [0.1, 0.15) is 24.4 Å². The molecule has 0 spiro atoms. The number of fused-ring (bicyclic) bond motifs is 1. The zero-order valence-electron chi connectivity index (χ0n) is 15.0. The summed E-state index contributed by atoms with van der Waals surface area (Å²) in [7, 11) is 3.40. The van der Waals surface area contributed by atoms with Crippen molar-refractivity contribution < 1.29 is 9.47 Å². The number of likely N-dealkylation sites (tertiary alicyclic amines) is 1. The summed E-state index contributed by atoms with van der Waals surface area (Å²) >= 11 is 5.60. The van der Waals surface area contributed by atoms with Gasteiger partial charge < -0.3 is 9.47 Å². The van der Waals surface area contributed by atoms with E-state index in [4.69, 9.17) is 21.7 Å².